The summed E-state index contributed by atoms with van der Waals surface area (Å²) in [5.74, 6) is -0.833. The Morgan fingerprint density at radius 2 is 2.47 bits per heavy atom. The van der Waals surface area contributed by atoms with E-state index in [9.17, 15) is 4.79 Å². The molecule has 0 aliphatic heterocycles. The van der Waals surface area contributed by atoms with Crippen molar-refractivity contribution in [3.05, 3.63) is 30.4 Å². The molecule has 1 N–H and O–H groups in total. The highest BCUT2D eigenvalue weighted by Crippen LogP contribution is 2.05. The topological polar surface area (TPSA) is 81.1 Å². The van der Waals surface area contributed by atoms with E-state index < -0.39 is 5.97 Å². The minimum atomic E-state index is -0.833. The molecule has 0 saturated heterocycles. The third-order valence-corrected chi connectivity index (χ3v) is 1.85. The van der Waals surface area contributed by atoms with Crippen molar-refractivity contribution < 1.29 is 14.3 Å². The number of hydrogen-bond donors (Lipinski definition) is 1. The highest BCUT2D eigenvalue weighted by atomic mass is 16.4. The summed E-state index contributed by atoms with van der Waals surface area (Å²) >= 11 is 0. The Labute approximate surface area is 85.2 Å². The first-order valence-corrected chi connectivity index (χ1v) is 4.42. The molecule has 0 spiro atoms. The molecule has 78 valence electrons. The van der Waals surface area contributed by atoms with Crippen LogP contribution in [0.3, 0.4) is 0 Å². The van der Waals surface area contributed by atoms with Gasteiger partial charge in [-0.15, -0.1) is 0 Å². The van der Waals surface area contributed by atoms with Crippen LogP contribution < -0.4 is 0 Å². The second-order valence-corrected chi connectivity index (χ2v) is 2.96. The fourth-order valence-electron chi connectivity index (χ4n) is 1.17. The zero-order valence-corrected chi connectivity index (χ0v) is 7.83. The van der Waals surface area contributed by atoms with E-state index in [1.807, 2.05) is 0 Å². The molecule has 0 fully saturated rings. The Hall–Kier alpha value is -2.11. The monoisotopic (exact) mass is 207 g/mol. The van der Waals surface area contributed by atoms with E-state index >= 15 is 0 Å². The molecule has 0 aliphatic rings. The van der Waals surface area contributed by atoms with Gasteiger partial charge in [0.05, 0.1) is 18.3 Å². The maximum absolute atomic E-state index is 10.3. The number of aliphatic carboxylic acids is 1. The first-order valence-electron chi connectivity index (χ1n) is 4.42. The molecule has 0 amide bonds. The van der Waals surface area contributed by atoms with Gasteiger partial charge in [-0.05, 0) is 6.07 Å². The zero-order valence-electron chi connectivity index (χ0n) is 7.83. The number of carbonyl (C=O) groups is 1. The number of carboxylic acid groups (broad SMARTS) is 1. The van der Waals surface area contributed by atoms with Gasteiger partial charge in [0.25, 0.3) is 0 Å². The Kier molecular flexibility index (Phi) is 2.49. The average molecular weight is 207 g/mol. The predicted octanol–water partition coefficient (Wildman–Crippen LogP) is 0.877. The fraction of sp³-hybridized carbons (Fsp3) is 0.222. The summed E-state index contributed by atoms with van der Waals surface area (Å²) in [4.78, 5) is 14.3. The zero-order chi connectivity index (χ0) is 10.7. The smallest absolute Gasteiger partial charge is 0.322 e. The van der Waals surface area contributed by atoms with Crippen molar-refractivity contribution in [2.24, 2.45) is 0 Å². The molecule has 6 heteroatoms. The molecule has 0 saturated carbocycles. The van der Waals surface area contributed by atoms with Gasteiger partial charge in [-0.3, -0.25) is 4.79 Å². The van der Waals surface area contributed by atoms with Crippen LogP contribution in [-0.2, 0) is 11.2 Å². The third-order valence-electron chi connectivity index (χ3n) is 1.85. The normalized spacial score (nSPS) is 10.4. The Bertz CT molecular complexity index is 447. The van der Waals surface area contributed by atoms with Crippen molar-refractivity contribution in [1.82, 2.24) is 14.8 Å². The molecule has 15 heavy (non-hydrogen) atoms. The summed E-state index contributed by atoms with van der Waals surface area (Å²) < 4.78 is 6.50. The Balaban J connectivity index is 2.08. The van der Waals surface area contributed by atoms with E-state index in [-0.39, 0.29) is 6.42 Å². The second kappa shape index (κ2) is 3.95. The third kappa shape index (κ3) is 2.22. The van der Waals surface area contributed by atoms with E-state index in [4.69, 9.17) is 9.52 Å². The first kappa shape index (κ1) is 9.45. The van der Waals surface area contributed by atoms with Gasteiger partial charge in [0.2, 0.25) is 0 Å². The van der Waals surface area contributed by atoms with Gasteiger partial charge in [-0.1, -0.05) is 0 Å². The van der Waals surface area contributed by atoms with E-state index in [0.29, 0.717) is 18.1 Å². The van der Waals surface area contributed by atoms with Gasteiger partial charge in [-0.25, -0.2) is 4.98 Å². The largest absolute Gasteiger partial charge is 0.481 e. The number of hydrogen-bond acceptors (Lipinski definition) is 4. The number of aromatic nitrogens is 3. The van der Waals surface area contributed by atoms with Gasteiger partial charge in [0, 0.05) is 12.6 Å². The highest BCUT2D eigenvalue weighted by molar-refractivity contribution is 5.66. The Morgan fingerprint density at radius 1 is 1.60 bits per heavy atom. The molecule has 0 unspecified atom stereocenters. The summed E-state index contributed by atoms with van der Waals surface area (Å²) in [6, 6.07) is 2.12. The van der Waals surface area contributed by atoms with Gasteiger partial charge >= 0.3 is 12.0 Å². The summed E-state index contributed by atoms with van der Waals surface area (Å²) in [5, 5.41) is 12.6. The van der Waals surface area contributed by atoms with E-state index in [0.717, 1.165) is 0 Å². The summed E-state index contributed by atoms with van der Waals surface area (Å²) in [7, 11) is 0. The molecule has 0 aromatic carbocycles. The molecule has 2 heterocycles. The lowest BCUT2D eigenvalue weighted by Gasteiger charge is -1.93. The minimum absolute atomic E-state index is 0.0720. The van der Waals surface area contributed by atoms with Crippen LogP contribution in [0, 0.1) is 0 Å². The van der Waals surface area contributed by atoms with Crippen molar-refractivity contribution in [2.75, 3.05) is 0 Å². The molecule has 0 bridgehead atoms. The van der Waals surface area contributed by atoms with Crippen LogP contribution in [0.2, 0.25) is 0 Å². The molecule has 6 nitrogen and oxygen atoms in total. The van der Waals surface area contributed by atoms with Gasteiger partial charge in [-0.2, -0.15) is 9.78 Å². The SMILES string of the molecule is O=C(O)CCc1ccn(-c2ncco2)n1. The summed E-state index contributed by atoms with van der Waals surface area (Å²) in [6.45, 7) is 0. The van der Waals surface area contributed by atoms with Crippen LogP contribution in [0.5, 0.6) is 0 Å². The van der Waals surface area contributed by atoms with Crippen LogP contribution in [0.4, 0.5) is 0 Å². The lowest BCUT2D eigenvalue weighted by Crippen LogP contribution is -2.00. The number of carboxylic acids is 1. The Morgan fingerprint density at radius 3 is 3.13 bits per heavy atom. The quantitative estimate of drug-likeness (QED) is 0.804. The predicted molar refractivity (Wildman–Crippen MR) is 49.6 cm³/mol. The molecule has 2 rings (SSSR count). The molecule has 2 aromatic rings. The fourth-order valence-corrected chi connectivity index (χ4v) is 1.17. The molecular formula is C9H9N3O3. The maximum atomic E-state index is 10.3. The van der Waals surface area contributed by atoms with Crippen LogP contribution in [-0.4, -0.2) is 25.8 Å². The van der Waals surface area contributed by atoms with Crippen LogP contribution >= 0.6 is 0 Å². The van der Waals surface area contributed by atoms with Crippen LogP contribution in [0.1, 0.15) is 12.1 Å². The van der Waals surface area contributed by atoms with Crippen LogP contribution in [0.15, 0.2) is 29.1 Å². The molecular weight excluding hydrogens is 198 g/mol. The van der Waals surface area contributed by atoms with Crippen molar-refractivity contribution >= 4 is 5.97 Å². The second-order valence-electron chi connectivity index (χ2n) is 2.96. The maximum Gasteiger partial charge on any atom is 0.322 e. The molecule has 0 atom stereocenters. The van der Waals surface area contributed by atoms with Crippen molar-refractivity contribution in [2.45, 2.75) is 12.8 Å². The standard InChI is InChI=1S/C9H9N3O3/c13-8(14)2-1-7-3-5-12(11-7)9-10-4-6-15-9/h3-6H,1-2H2,(H,13,14). The number of oxazole rings is 1. The van der Waals surface area contributed by atoms with Crippen LogP contribution in [0.25, 0.3) is 6.01 Å². The highest BCUT2D eigenvalue weighted by Gasteiger charge is 2.05. The van der Waals surface area contributed by atoms with E-state index in [1.54, 1.807) is 12.3 Å². The summed E-state index contributed by atoms with van der Waals surface area (Å²) in [5.41, 5.74) is 0.704. The molecule has 0 radical (unpaired) electrons. The summed E-state index contributed by atoms with van der Waals surface area (Å²) in [6.07, 6.45) is 5.14. The van der Waals surface area contributed by atoms with E-state index in [2.05, 4.69) is 10.1 Å². The van der Waals surface area contributed by atoms with Gasteiger partial charge < -0.3 is 9.52 Å². The average Bonchev–Trinajstić information content (AvgIpc) is 2.85. The minimum Gasteiger partial charge on any atom is -0.481 e. The first-order chi connectivity index (χ1) is 7.25. The van der Waals surface area contributed by atoms with Gasteiger partial charge in [0.1, 0.15) is 6.26 Å². The van der Waals surface area contributed by atoms with Crippen molar-refractivity contribution in [1.29, 1.82) is 0 Å². The van der Waals surface area contributed by atoms with Crippen molar-refractivity contribution in [3.63, 3.8) is 0 Å². The number of aryl methyl sites for hydroxylation is 1. The molecule has 2 aromatic heterocycles. The van der Waals surface area contributed by atoms with Crippen molar-refractivity contribution in [3.8, 4) is 6.01 Å². The number of rotatable bonds is 4. The number of nitrogens with zero attached hydrogens (tertiary/aromatic N) is 3. The lowest BCUT2D eigenvalue weighted by molar-refractivity contribution is -0.136. The van der Waals surface area contributed by atoms with E-state index in [1.165, 1.54) is 17.1 Å². The van der Waals surface area contributed by atoms with Gasteiger partial charge in [0.15, 0.2) is 0 Å². The lowest BCUT2D eigenvalue weighted by atomic mass is 10.2. The molecule has 0 aliphatic carbocycles.